The van der Waals surface area contributed by atoms with E-state index in [0.717, 1.165) is 11.1 Å². The fourth-order valence-electron chi connectivity index (χ4n) is 2.19. The van der Waals surface area contributed by atoms with Crippen LogP contribution >= 0.6 is 11.6 Å². The third kappa shape index (κ3) is 3.52. The summed E-state index contributed by atoms with van der Waals surface area (Å²) in [5, 5.41) is 8.28. The average molecular weight is 339 g/mol. The van der Waals surface area contributed by atoms with Gasteiger partial charge < -0.3 is 0 Å². The molecule has 0 saturated carbocycles. The van der Waals surface area contributed by atoms with E-state index in [1.165, 1.54) is 10.9 Å². The zero-order valence-corrected chi connectivity index (χ0v) is 13.7. The molecule has 0 bridgehead atoms. The highest BCUT2D eigenvalue weighted by Gasteiger charge is 2.09. The first kappa shape index (κ1) is 16.0. The number of nitrogens with one attached hydrogen (secondary N) is 1. The Morgan fingerprint density at radius 1 is 1.17 bits per heavy atom. The summed E-state index contributed by atoms with van der Waals surface area (Å²) in [6.07, 6.45) is 3.14. The summed E-state index contributed by atoms with van der Waals surface area (Å²) >= 11 is 6.15. The zero-order chi connectivity index (χ0) is 16.9. The van der Waals surface area contributed by atoms with Crippen LogP contribution in [0.3, 0.4) is 0 Å². The molecule has 0 saturated heterocycles. The molecule has 6 heteroatoms. The fraction of sp³-hybridized carbons (Fsp3) is 0.0556. The second-order valence-electron chi connectivity index (χ2n) is 5.21. The molecule has 1 N–H and O–H groups in total. The molecule has 0 atom stereocenters. The number of nitrogens with zero attached hydrogens (tertiary/aromatic N) is 3. The van der Waals surface area contributed by atoms with E-state index in [2.05, 4.69) is 15.6 Å². The van der Waals surface area contributed by atoms with Gasteiger partial charge in [-0.3, -0.25) is 10.2 Å². The minimum Gasteiger partial charge on any atom is -0.275 e. The number of benzene rings is 2. The lowest BCUT2D eigenvalue weighted by Crippen LogP contribution is -2.22. The smallest absolute Gasteiger partial charge is 0.275 e. The van der Waals surface area contributed by atoms with Crippen molar-refractivity contribution < 1.29 is 0 Å². The number of halogens is 1. The summed E-state index contributed by atoms with van der Waals surface area (Å²) in [6.45, 7) is 2.01. The van der Waals surface area contributed by atoms with Crippen molar-refractivity contribution in [2.45, 2.75) is 6.92 Å². The van der Waals surface area contributed by atoms with E-state index in [4.69, 9.17) is 11.6 Å². The van der Waals surface area contributed by atoms with Gasteiger partial charge in [0.1, 0.15) is 10.7 Å². The van der Waals surface area contributed by atoms with Gasteiger partial charge in [0.2, 0.25) is 0 Å². The summed E-state index contributed by atoms with van der Waals surface area (Å²) in [5.41, 5.74) is 5.46. The first-order valence-electron chi connectivity index (χ1n) is 7.34. The van der Waals surface area contributed by atoms with Crippen LogP contribution in [0, 0.1) is 6.92 Å². The van der Waals surface area contributed by atoms with Gasteiger partial charge in [0.15, 0.2) is 0 Å². The van der Waals surface area contributed by atoms with Crippen LogP contribution < -0.4 is 11.0 Å². The molecule has 24 heavy (non-hydrogen) atoms. The number of hydrazone groups is 1. The van der Waals surface area contributed by atoms with E-state index in [1.54, 1.807) is 18.3 Å². The van der Waals surface area contributed by atoms with Crippen LogP contribution in [0.1, 0.15) is 11.1 Å². The number of hydrogen-bond acceptors (Lipinski definition) is 4. The van der Waals surface area contributed by atoms with Crippen molar-refractivity contribution in [1.29, 1.82) is 0 Å². The summed E-state index contributed by atoms with van der Waals surface area (Å²) in [5.74, 6) is 0. The van der Waals surface area contributed by atoms with Crippen LogP contribution in [-0.4, -0.2) is 16.0 Å². The standard InChI is InChI=1S/C18H15ClN4O/c1-13-6-5-7-14(10-13)11-20-22-16-12-21-23(18(24)17(16)19)15-8-3-2-4-9-15/h2-12,22H,1H3/b20-11+. The van der Waals surface area contributed by atoms with E-state index in [9.17, 15) is 4.79 Å². The van der Waals surface area contributed by atoms with Crippen molar-refractivity contribution in [1.82, 2.24) is 9.78 Å². The Kier molecular flexibility index (Phi) is 4.72. The Morgan fingerprint density at radius 2 is 1.96 bits per heavy atom. The van der Waals surface area contributed by atoms with Gasteiger partial charge >= 0.3 is 0 Å². The Hall–Kier alpha value is -2.92. The van der Waals surface area contributed by atoms with E-state index in [1.807, 2.05) is 49.4 Å². The Bertz CT molecular complexity index is 935. The topological polar surface area (TPSA) is 59.3 Å². The fourth-order valence-corrected chi connectivity index (χ4v) is 2.36. The van der Waals surface area contributed by atoms with Crippen LogP contribution in [0.4, 0.5) is 5.69 Å². The van der Waals surface area contributed by atoms with Gasteiger partial charge in [-0.1, -0.05) is 59.6 Å². The normalized spacial score (nSPS) is 10.9. The number of aromatic nitrogens is 2. The highest BCUT2D eigenvalue weighted by atomic mass is 35.5. The van der Waals surface area contributed by atoms with Crippen LogP contribution in [0.2, 0.25) is 5.02 Å². The van der Waals surface area contributed by atoms with Gasteiger partial charge in [-0.25, -0.2) is 0 Å². The maximum atomic E-state index is 12.3. The summed E-state index contributed by atoms with van der Waals surface area (Å²) < 4.78 is 1.25. The third-order valence-corrected chi connectivity index (χ3v) is 3.73. The van der Waals surface area contributed by atoms with Gasteiger partial charge in [0.25, 0.3) is 5.56 Å². The average Bonchev–Trinajstić information content (AvgIpc) is 2.60. The number of anilines is 1. The molecule has 0 unspecified atom stereocenters. The lowest BCUT2D eigenvalue weighted by Gasteiger charge is -2.07. The molecular weight excluding hydrogens is 324 g/mol. The van der Waals surface area contributed by atoms with Crippen LogP contribution in [0.15, 0.2) is 70.7 Å². The minimum absolute atomic E-state index is 0.0373. The highest BCUT2D eigenvalue weighted by Crippen LogP contribution is 2.16. The maximum absolute atomic E-state index is 12.3. The SMILES string of the molecule is Cc1cccc(/C=N/Nc2cnn(-c3ccccc3)c(=O)c2Cl)c1. The van der Waals surface area contributed by atoms with Gasteiger partial charge in [-0.05, 0) is 24.6 Å². The van der Waals surface area contributed by atoms with Gasteiger partial charge in [-0.2, -0.15) is 14.9 Å². The van der Waals surface area contributed by atoms with E-state index < -0.39 is 5.56 Å². The monoisotopic (exact) mass is 338 g/mol. The molecule has 0 fully saturated rings. The number of aryl methyl sites for hydroxylation is 1. The molecule has 5 nitrogen and oxygen atoms in total. The molecule has 0 aliphatic heterocycles. The Morgan fingerprint density at radius 3 is 2.71 bits per heavy atom. The van der Waals surface area contributed by atoms with Crippen LogP contribution in [0.5, 0.6) is 0 Å². The van der Waals surface area contributed by atoms with Gasteiger partial charge in [0.05, 0.1) is 18.1 Å². The third-order valence-electron chi connectivity index (χ3n) is 3.36. The molecule has 2 aromatic carbocycles. The molecule has 0 amide bonds. The van der Waals surface area contributed by atoms with E-state index in [-0.39, 0.29) is 5.02 Å². The van der Waals surface area contributed by atoms with Crippen molar-refractivity contribution in [2.24, 2.45) is 5.10 Å². The highest BCUT2D eigenvalue weighted by molar-refractivity contribution is 6.32. The largest absolute Gasteiger partial charge is 0.292 e. The Balaban J connectivity index is 1.83. The number of hydrogen-bond donors (Lipinski definition) is 1. The van der Waals surface area contributed by atoms with Crippen LogP contribution in [-0.2, 0) is 0 Å². The van der Waals surface area contributed by atoms with Crippen molar-refractivity contribution in [3.63, 3.8) is 0 Å². The second kappa shape index (κ2) is 7.10. The van der Waals surface area contributed by atoms with E-state index >= 15 is 0 Å². The minimum atomic E-state index is -0.404. The van der Waals surface area contributed by atoms with Crippen molar-refractivity contribution in [3.8, 4) is 5.69 Å². The first-order chi connectivity index (χ1) is 11.6. The molecule has 0 radical (unpaired) electrons. The van der Waals surface area contributed by atoms with Crippen molar-refractivity contribution >= 4 is 23.5 Å². The molecule has 1 aromatic heterocycles. The lowest BCUT2D eigenvalue weighted by molar-refractivity contribution is 0.808. The molecule has 1 heterocycles. The Labute approximate surface area is 144 Å². The second-order valence-corrected chi connectivity index (χ2v) is 5.59. The summed E-state index contributed by atoms with van der Waals surface area (Å²) in [6, 6.07) is 17.0. The zero-order valence-electron chi connectivity index (χ0n) is 13.0. The van der Waals surface area contributed by atoms with Crippen LogP contribution in [0.25, 0.3) is 5.69 Å². The quantitative estimate of drug-likeness (QED) is 0.583. The molecule has 0 spiro atoms. The van der Waals surface area contributed by atoms with E-state index in [0.29, 0.717) is 11.4 Å². The predicted octanol–water partition coefficient (Wildman–Crippen LogP) is 3.64. The van der Waals surface area contributed by atoms with Crippen molar-refractivity contribution in [2.75, 3.05) is 5.43 Å². The lowest BCUT2D eigenvalue weighted by atomic mass is 10.2. The molecule has 120 valence electrons. The number of rotatable bonds is 4. The van der Waals surface area contributed by atoms with Gasteiger partial charge in [0, 0.05) is 0 Å². The molecular formula is C18H15ClN4O. The molecule has 3 rings (SSSR count). The summed E-state index contributed by atoms with van der Waals surface area (Å²) in [4.78, 5) is 12.3. The predicted molar refractivity (Wildman–Crippen MR) is 97.2 cm³/mol. The molecule has 0 aliphatic rings. The molecule has 3 aromatic rings. The first-order valence-corrected chi connectivity index (χ1v) is 7.72. The summed E-state index contributed by atoms with van der Waals surface area (Å²) in [7, 11) is 0. The number of para-hydroxylation sites is 1. The molecule has 0 aliphatic carbocycles. The van der Waals surface area contributed by atoms with Gasteiger partial charge in [-0.15, -0.1) is 0 Å². The maximum Gasteiger partial charge on any atom is 0.292 e. The van der Waals surface area contributed by atoms with Crippen molar-refractivity contribution in [3.05, 3.63) is 87.3 Å².